The minimum atomic E-state index is -0.474. The molecule has 7 nitrogen and oxygen atoms in total. The number of benzene rings is 1. The molecular formula is C11H8N4O3. The molecule has 0 saturated heterocycles. The van der Waals surface area contributed by atoms with Gasteiger partial charge in [0.05, 0.1) is 11.0 Å². The Bertz CT molecular complexity index is 597. The molecule has 0 radical (unpaired) electrons. The summed E-state index contributed by atoms with van der Waals surface area (Å²) in [6.45, 7) is 0. The van der Waals surface area contributed by atoms with E-state index in [2.05, 4.69) is 10.1 Å². The maximum absolute atomic E-state index is 10.5. The normalized spacial score (nSPS) is 9.94. The zero-order valence-corrected chi connectivity index (χ0v) is 9.24. The zero-order valence-electron chi connectivity index (χ0n) is 9.24. The summed E-state index contributed by atoms with van der Waals surface area (Å²) in [5.74, 6) is 0.739. The number of nitriles is 1. The van der Waals surface area contributed by atoms with Crippen LogP contribution < -0.4 is 0 Å². The van der Waals surface area contributed by atoms with Gasteiger partial charge in [0.2, 0.25) is 11.7 Å². The van der Waals surface area contributed by atoms with E-state index in [9.17, 15) is 10.1 Å². The molecule has 0 N–H and O–H groups in total. The SMILES string of the molecule is N#CCCc1nc(-c2ccc([N+](=O)[O-])cc2)no1. The van der Waals surface area contributed by atoms with E-state index in [-0.39, 0.29) is 5.69 Å². The van der Waals surface area contributed by atoms with Gasteiger partial charge in [-0.1, -0.05) is 5.16 Å². The van der Waals surface area contributed by atoms with Gasteiger partial charge in [0.25, 0.3) is 5.69 Å². The molecule has 0 unspecified atom stereocenters. The Kier molecular flexibility index (Phi) is 3.29. The summed E-state index contributed by atoms with van der Waals surface area (Å²) in [6.07, 6.45) is 0.707. The van der Waals surface area contributed by atoms with E-state index in [0.717, 1.165) is 0 Å². The molecule has 2 aromatic rings. The summed E-state index contributed by atoms with van der Waals surface area (Å²) in [7, 11) is 0. The molecule has 1 aromatic carbocycles. The van der Waals surface area contributed by atoms with Gasteiger partial charge in [0.15, 0.2) is 0 Å². The van der Waals surface area contributed by atoms with Gasteiger partial charge in [-0.15, -0.1) is 0 Å². The van der Waals surface area contributed by atoms with E-state index in [0.29, 0.717) is 30.1 Å². The molecule has 0 spiro atoms. The van der Waals surface area contributed by atoms with Gasteiger partial charge < -0.3 is 4.52 Å². The van der Waals surface area contributed by atoms with Crippen LogP contribution >= 0.6 is 0 Å². The number of nitrogens with zero attached hydrogens (tertiary/aromatic N) is 4. The highest BCUT2D eigenvalue weighted by Crippen LogP contribution is 2.19. The lowest BCUT2D eigenvalue weighted by molar-refractivity contribution is -0.384. The van der Waals surface area contributed by atoms with Crippen LogP contribution in [0.25, 0.3) is 11.4 Å². The molecule has 0 aliphatic rings. The molecule has 2 rings (SSSR count). The number of hydrogen-bond acceptors (Lipinski definition) is 6. The van der Waals surface area contributed by atoms with Crippen molar-refractivity contribution in [2.45, 2.75) is 12.8 Å². The van der Waals surface area contributed by atoms with Crippen LogP contribution in [0.4, 0.5) is 5.69 Å². The molecule has 0 bridgehead atoms. The molecule has 18 heavy (non-hydrogen) atoms. The maximum Gasteiger partial charge on any atom is 0.269 e. The van der Waals surface area contributed by atoms with Gasteiger partial charge in [-0.05, 0) is 12.1 Å². The van der Waals surface area contributed by atoms with Crippen molar-refractivity contribution in [3.8, 4) is 17.5 Å². The molecule has 0 aliphatic heterocycles. The highest BCUT2D eigenvalue weighted by molar-refractivity contribution is 5.56. The third kappa shape index (κ3) is 2.49. The molecule has 0 fully saturated rings. The average molecular weight is 244 g/mol. The Morgan fingerprint density at radius 2 is 2.11 bits per heavy atom. The second kappa shape index (κ2) is 5.05. The maximum atomic E-state index is 10.5. The van der Waals surface area contributed by atoms with Gasteiger partial charge in [-0.2, -0.15) is 10.2 Å². The van der Waals surface area contributed by atoms with E-state index in [4.69, 9.17) is 9.78 Å². The summed E-state index contributed by atoms with van der Waals surface area (Å²) < 4.78 is 4.95. The molecule has 0 atom stereocenters. The second-order valence-electron chi connectivity index (χ2n) is 3.47. The van der Waals surface area contributed by atoms with Gasteiger partial charge in [0.1, 0.15) is 0 Å². The third-order valence-electron chi connectivity index (χ3n) is 2.26. The number of hydrogen-bond donors (Lipinski definition) is 0. The van der Waals surface area contributed by atoms with Crippen molar-refractivity contribution in [2.75, 3.05) is 0 Å². The second-order valence-corrected chi connectivity index (χ2v) is 3.47. The van der Waals surface area contributed by atoms with Crippen molar-refractivity contribution in [1.82, 2.24) is 10.1 Å². The van der Waals surface area contributed by atoms with Gasteiger partial charge in [0, 0.05) is 30.5 Å². The van der Waals surface area contributed by atoms with Crippen molar-refractivity contribution < 1.29 is 9.45 Å². The first-order chi connectivity index (χ1) is 8.70. The number of non-ortho nitro benzene ring substituents is 1. The first-order valence-electron chi connectivity index (χ1n) is 5.15. The molecular weight excluding hydrogens is 236 g/mol. The van der Waals surface area contributed by atoms with Crippen molar-refractivity contribution in [3.05, 3.63) is 40.3 Å². The van der Waals surface area contributed by atoms with Crippen molar-refractivity contribution in [1.29, 1.82) is 5.26 Å². The first-order valence-corrected chi connectivity index (χ1v) is 5.15. The molecule has 1 aromatic heterocycles. The van der Waals surface area contributed by atoms with E-state index in [1.165, 1.54) is 12.1 Å². The van der Waals surface area contributed by atoms with Crippen LogP contribution in [-0.4, -0.2) is 15.1 Å². The quantitative estimate of drug-likeness (QED) is 0.602. The largest absolute Gasteiger partial charge is 0.339 e. The van der Waals surface area contributed by atoms with Crippen LogP contribution in [0.3, 0.4) is 0 Å². The van der Waals surface area contributed by atoms with Crippen molar-refractivity contribution in [2.24, 2.45) is 0 Å². The molecule has 7 heteroatoms. The van der Waals surface area contributed by atoms with E-state index in [1.54, 1.807) is 12.1 Å². The van der Waals surface area contributed by atoms with Crippen LogP contribution in [0.2, 0.25) is 0 Å². The molecule has 90 valence electrons. The summed E-state index contributed by atoms with van der Waals surface area (Å²) in [4.78, 5) is 14.1. The van der Waals surface area contributed by atoms with Crippen LogP contribution in [0.5, 0.6) is 0 Å². The van der Waals surface area contributed by atoms with E-state index in [1.807, 2.05) is 6.07 Å². The summed E-state index contributed by atoms with van der Waals surface area (Å²) in [5.41, 5.74) is 0.638. The standard InChI is InChI=1S/C11H8N4O3/c12-7-1-2-10-13-11(14-18-10)8-3-5-9(6-4-8)15(16)17/h3-6H,1-2H2. The van der Waals surface area contributed by atoms with Crippen LogP contribution in [0.15, 0.2) is 28.8 Å². The Labute approximate surface area is 102 Å². The number of nitro groups is 1. The Hall–Kier alpha value is -2.75. The molecule has 1 heterocycles. The molecule has 0 aliphatic carbocycles. The lowest BCUT2D eigenvalue weighted by atomic mass is 10.2. The summed E-state index contributed by atoms with van der Waals surface area (Å²) in [6, 6.07) is 7.84. The van der Waals surface area contributed by atoms with Crippen molar-refractivity contribution >= 4 is 5.69 Å². The van der Waals surface area contributed by atoms with Crippen molar-refractivity contribution in [3.63, 3.8) is 0 Å². The fourth-order valence-electron chi connectivity index (χ4n) is 1.37. The Balaban J connectivity index is 2.18. The third-order valence-corrected chi connectivity index (χ3v) is 2.26. The summed E-state index contributed by atoms with van der Waals surface area (Å²) in [5, 5.41) is 22.7. The monoisotopic (exact) mass is 244 g/mol. The van der Waals surface area contributed by atoms with Gasteiger partial charge in [-0.3, -0.25) is 10.1 Å². The average Bonchev–Trinajstić information content (AvgIpc) is 2.85. The topological polar surface area (TPSA) is 106 Å². The van der Waals surface area contributed by atoms with Crippen LogP contribution in [0, 0.1) is 21.4 Å². The fraction of sp³-hybridized carbons (Fsp3) is 0.182. The predicted octanol–water partition coefficient (Wildman–Crippen LogP) is 2.10. The van der Waals surface area contributed by atoms with E-state index >= 15 is 0 Å². The molecule has 0 amide bonds. The van der Waals surface area contributed by atoms with Gasteiger partial charge in [-0.25, -0.2) is 0 Å². The van der Waals surface area contributed by atoms with Crippen LogP contribution in [-0.2, 0) is 6.42 Å². The minimum Gasteiger partial charge on any atom is -0.339 e. The Morgan fingerprint density at radius 1 is 1.39 bits per heavy atom. The molecule has 0 saturated carbocycles. The fourth-order valence-corrected chi connectivity index (χ4v) is 1.37. The predicted molar refractivity (Wildman–Crippen MR) is 60.3 cm³/mol. The Morgan fingerprint density at radius 3 is 2.72 bits per heavy atom. The number of aromatic nitrogens is 2. The first kappa shape index (κ1) is 11.7. The highest BCUT2D eigenvalue weighted by atomic mass is 16.6. The van der Waals surface area contributed by atoms with Crippen LogP contribution in [0.1, 0.15) is 12.3 Å². The lowest BCUT2D eigenvalue weighted by Crippen LogP contribution is -1.88. The number of rotatable bonds is 4. The van der Waals surface area contributed by atoms with Gasteiger partial charge >= 0.3 is 0 Å². The lowest BCUT2D eigenvalue weighted by Gasteiger charge is -1.93. The smallest absolute Gasteiger partial charge is 0.269 e. The highest BCUT2D eigenvalue weighted by Gasteiger charge is 2.10. The minimum absolute atomic E-state index is 0.00643. The van der Waals surface area contributed by atoms with E-state index < -0.39 is 4.92 Å². The zero-order chi connectivity index (χ0) is 13.0. The number of nitro benzene ring substituents is 1. The number of aryl methyl sites for hydroxylation is 1. The summed E-state index contributed by atoms with van der Waals surface area (Å²) >= 11 is 0.